The summed E-state index contributed by atoms with van der Waals surface area (Å²) < 4.78 is 1.31. The highest BCUT2D eigenvalue weighted by molar-refractivity contribution is 9.11. The van der Waals surface area contributed by atoms with Crippen LogP contribution in [0, 0.1) is 5.41 Å². The van der Waals surface area contributed by atoms with Crippen molar-refractivity contribution < 1.29 is 0 Å². The highest BCUT2D eigenvalue weighted by atomic mass is 79.9. The molecule has 1 aromatic heterocycles. The third-order valence-electron chi connectivity index (χ3n) is 3.16. The van der Waals surface area contributed by atoms with Crippen LogP contribution in [0.2, 0.25) is 0 Å². The SMILES string of the molecule is Brc1sccc1CN1CC2(CC2)C1. The van der Waals surface area contributed by atoms with E-state index in [0.717, 1.165) is 12.0 Å². The molecule has 0 radical (unpaired) electrons. The minimum Gasteiger partial charge on any atom is -0.298 e. The molecule has 0 unspecified atom stereocenters. The molecule has 70 valence electrons. The summed E-state index contributed by atoms with van der Waals surface area (Å²) in [7, 11) is 0. The second-order valence-electron chi connectivity index (χ2n) is 4.36. The molecule has 3 rings (SSSR count). The zero-order valence-corrected chi connectivity index (χ0v) is 9.83. The van der Waals surface area contributed by atoms with Crippen molar-refractivity contribution in [3.05, 3.63) is 20.8 Å². The fourth-order valence-electron chi connectivity index (χ4n) is 2.18. The molecule has 1 aliphatic heterocycles. The number of thiophene rings is 1. The number of rotatable bonds is 2. The average molecular weight is 258 g/mol. The standard InChI is InChI=1S/C10H12BrNS/c11-9-8(1-4-13-9)5-12-6-10(7-12)2-3-10/h1,4H,2-3,5-7H2. The van der Waals surface area contributed by atoms with Crippen LogP contribution in [-0.4, -0.2) is 18.0 Å². The lowest BCUT2D eigenvalue weighted by atomic mass is 9.96. The van der Waals surface area contributed by atoms with Crippen molar-refractivity contribution >= 4 is 27.3 Å². The van der Waals surface area contributed by atoms with Gasteiger partial charge >= 0.3 is 0 Å². The van der Waals surface area contributed by atoms with E-state index < -0.39 is 0 Å². The summed E-state index contributed by atoms with van der Waals surface area (Å²) in [6.45, 7) is 3.83. The van der Waals surface area contributed by atoms with Crippen LogP contribution in [0.25, 0.3) is 0 Å². The normalized spacial score (nSPS) is 24.7. The highest BCUT2D eigenvalue weighted by Gasteiger charge is 2.51. The van der Waals surface area contributed by atoms with Gasteiger partial charge in [0.15, 0.2) is 0 Å². The van der Waals surface area contributed by atoms with Gasteiger partial charge in [-0.05, 0) is 51.2 Å². The molecule has 1 saturated carbocycles. The summed E-state index contributed by atoms with van der Waals surface area (Å²) in [5.41, 5.74) is 2.25. The first kappa shape index (κ1) is 8.45. The van der Waals surface area contributed by atoms with E-state index in [1.54, 1.807) is 11.3 Å². The number of hydrogen-bond acceptors (Lipinski definition) is 2. The Morgan fingerprint density at radius 2 is 2.23 bits per heavy atom. The second kappa shape index (κ2) is 2.81. The van der Waals surface area contributed by atoms with Gasteiger partial charge in [0.25, 0.3) is 0 Å². The predicted molar refractivity (Wildman–Crippen MR) is 59.0 cm³/mol. The van der Waals surface area contributed by atoms with E-state index in [1.807, 2.05) is 0 Å². The monoisotopic (exact) mass is 257 g/mol. The van der Waals surface area contributed by atoms with Crippen molar-refractivity contribution in [2.45, 2.75) is 19.4 Å². The summed E-state index contributed by atoms with van der Waals surface area (Å²) in [4.78, 5) is 2.56. The van der Waals surface area contributed by atoms with Crippen molar-refractivity contribution in [1.82, 2.24) is 4.90 Å². The Balaban J connectivity index is 1.62. The summed E-state index contributed by atoms with van der Waals surface area (Å²) in [5.74, 6) is 0. The summed E-state index contributed by atoms with van der Waals surface area (Å²) in [6, 6.07) is 2.23. The molecule has 0 amide bonds. The lowest BCUT2D eigenvalue weighted by Gasteiger charge is -2.39. The van der Waals surface area contributed by atoms with Crippen molar-refractivity contribution in [2.75, 3.05) is 13.1 Å². The summed E-state index contributed by atoms with van der Waals surface area (Å²) in [5, 5.41) is 2.16. The molecule has 1 aliphatic carbocycles. The van der Waals surface area contributed by atoms with E-state index in [1.165, 1.54) is 35.3 Å². The van der Waals surface area contributed by atoms with Gasteiger partial charge in [-0.25, -0.2) is 0 Å². The van der Waals surface area contributed by atoms with Crippen LogP contribution in [0.15, 0.2) is 15.2 Å². The van der Waals surface area contributed by atoms with Crippen LogP contribution in [0.3, 0.4) is 0 Å². The van der Waals surface area contributed by atoms with E-state index in [0.29, 0.717) is 0 Å². The first-order chi connectivity index (χ1) is 6.27. The van der Waals surface area contributed by atoms with Gasteiger partial charge in [0.2, 0.25) is 0 Å². The Morgan fingerprint density at radius 1 is 1.46 bits per heavy atom. The van der Waals surface area contributed by atoms with Gasteiger partial charge in [-0.15, -0.1) is 11.3 Å². The Kier molecular flexibility index (Phi) is 1.83. The Bertz CT molecular complexity index is 321. The average Bonchev–Trinajstić information content (AvgIpc) is 2.72. The van der Waals surface area contributed by atoms with Crippen LogP contribution < -0.4 is 0 Å². The maximum Gasteiger partial charge on any atom is 0.0743 e. The minimum atomic E-state index is 0.794. The zero-order chi connectivity index (χ0) is 8.89. The Hall–Kier alpha value is 0.140. The molecule has 1 spiro atoms. The quantitative estimate of drug-likeness (QED) is 0.787. The van der Waals surface area contributed by atoms with Crippen LogP contribution in [0.4, 0.5) is 0 Å². The number of hydrogen-bond donors (Lipinski definition) is 0. The van der Waals surface area contributed by atoms with Crippen LogP contribution in [0.1, 0.15) is 18.4 Å². The molecule has 0 atom stereocenters. The molecule has 0 aromatic carbocycles. The first-order valence-corrected chi connectivity index (χ1v) is 6.39. The maximum absolute atomic E-state index is 3.58. The summed E-state index contributed by atoms with van der Waals surface area (Å²) >= 11 is 5.37. The van der Waals surface area contributed by atoms with Crippen molar-refractivity contribution in [3.63, 3.8) is 0 Å². The largest absolute Gasteiger partial charge is 0.298 e. The fourth-order valence-corrected chi connectivity index (χ4v) is 3.40. The van der Waals surface area contributed by atoms with Crippen LogP contribution in [0.5, 0.6) is 0 Å². The molecular formula is C10H12BrNS. The molecule has 1 aromatic rings. The molecule has 2 heterocycles. The third kappa shape index (κ3) is 1.47. The fraction of sp³-hybridized carbons (Fsp3) is 0.600. The van der Waals surface area contributed by atoms with Crippen LogP contribution in [-0.2, 0) is 6.54 Å². The highest BCUT2D eigenvalue weighted by Crippen LogP contribution is 2.53. The molecule has 1 nitrogen and oxygen atoms in total. The van der Waals surface area contributed by atoms with E-state index in [-0.39, 0.29) is 0 Å². The number of nitrogens with zero attached hydrogens (tertiary/aromatic N) is 1. The van der Waals surface area contributed by atoms with Gasteiger partial charge in [0.05, 0.1) is 3.79 Å². The molecule has 2 fully saturated rings. The molecule has 1 saturated heterocycles. The Morgan fingerprint density at radius 3 is 2.77 bits per heavy atom. The van der Waals surface area contributed by atoms with Crippen LogP contribution >= 0.6 is 27.3 Å². The van der Waals surface area contributed by atoms with Gasteiger partial charge in [-0.3, -0.25) is 4.90 Å². The predicted octanol–water partition coefficient (Wildman–Crippen LogP) is 3.11. The van der Waals surface area contributed by atoms with Gasteiger partial charge in [-0.1, -0.05) is 0 Å². The van der Waals surface area contributed by atoms with Crippen molar-refractivity contribution in [2.24, 2.45) is 5.41 Å². The van der Waals surface area contributed by atoms with Crippen molar-refractivity contribution in [3.8, 4) is 0 Å². The minimum absolute atomic E-state index is 0.794. The van der Waals surface area contributed by atoms with Gasteiger partial charge in [-0.2, -0.15) is 0 Å². The Labute approximate surface area is 90.9 Å². The zero-order valence-electron chi connectivity index (χ0n) is 7.42. The smallest absolute Gasteiger partial charge is 0.0743 e. The number of halogens is 1. The molecule has 0 bridgehead atoms. The third-order valence-corrected chi connectivity index (χ3v) is 4.97. The lowest BCUT2D eigenvalue weighted by Crippen LogP contribution is -2.47. The maximum atomic E-state index is 3.58. The van der Waals surface area contributed by atoms with Gasteiger partial charge < -0.3 is 0 Å². The first-order valence-electron chi connectivity index (χ1n) is 4.72. The summed E-state index contributed by atoms with van der Waals surface area (Å²) in [6.07, 6.45) is 2.96. The molecule has 0 N–H and O–H groups in total. The van der Waals surface area contributed by atoms with Gasteiger partial charge in [0, 0.05) is 19.6 Å². The van der Waals surface area contributed by atoms with E-state index >= 15 is 0 Å². The molecular weight excluding hydrogens is 246 g/mol. The molecule has 3 heteroatoms. The second-order valence-corrected chi connectivity index (χ2v) is 6.60. The number of likely N-dealkylation sites (tertiary alicyclic amines) is 1. The van der Waals surface area contributed by atoms with Gasteiger partial charge in [0.1, 0.15) is 0 Å². The molecule has 13 heavy (non-hydrogen) atoms. The lowest BCUT2D eigenvalue weighted by molar-refractivity contribution is 0.0739. The van der Waals surface area contributed by atoms with E-state index in [4.69, 9.17) is 0 Å². The van der Waals surface area contributed by atoms with Crippen molar-refractivity contribution in [1.29, 1.82) is 0 Å². The molecule has 2 aliphatic rings. The van der Waals surface area contributed by atoms with E-state index in [2.05, 4.69) is 32.3 Å². The topological polar surface area (TPSA) is 3.24 Å². The van der Waals surface area contributed by atoms with E-state index in [9.17, 15) is 0 Å².